The average molecular weight is 261 g/mol. The van der Waals surface area contributed by atoms with Crippen LogP contribution < -0.4 is 4.90 Å². The minimum absolute atomic E-state index is 0.707. The Labute approximate surface area is 110 Å². The van der Waals surface area contributed by atoms with Crippen molar-refractivity contribution in [3.8, 4) is 0 Å². The van der Waals surface area contributed by atoms with Gasteiger partial charge in [-0.3, -0.25) is 9.78 Å². The zero-order valence-electron chi connectivity index (χ0n) is 10.5. The largest absolute Gasteiger partial charge is 0.344 e. The van der Waals surface area contributed by atoms with Gasteiger partial charge in [0.2, 0.25) is 0 Å². The molecular formula is C13H15N3OS. The number of nitrogens with zero attached hydrogens (tertiary/aromatic N) is 3. The van der Waals surface area contributed by atoms with Gasteiger partial charge in [-0.05, 0) is 31.5 Å². The van der Waals surface area contributed by atoms with Gasteiger partial charge in [0.15, 0.2) is 11.4 Å². The van der Waals surface area contributed by atoms with Crippen LogP contribution in [0.3, 0.4) is 0 Å². The molecule has 18 heavy (non-hydrogen) atoms. The predicted octanol–water partition coefficient (Wildman–Crippen LogP) is 2.69. The Bertz CT molecular complexity index is 524. The molecule has 0 atom stereocenters. The Morgan fingerprint density at radius 2 is 2.11 bits per heavy atom. The molecule has 0 saturated carbocycles. The van der Waals surface area contributed by atoms with Crippen LogP contribution in [0.15, 0.2) is 24.5 Å². The van der Waals surface area contributed by atoms with E-state index in [-0.39, 0.29) is 0 Å². The van der Waals surface area contributed by atoms with E-state index in [0.29, 0.717) is 4.88 Å². The van der Waals surface area contributed by atoms with E-state index in [2.05, 4.69) is 21.8 Å². The highest BCUT2D eigenvalue weighted by Crippen LogP contribution is 2.25. The summed E-state index contributed by atoms with van der Waals surface area (Å²) in [6.45, 7) is 5.58. The molecule has 0 radical (unpaired) electrons. The van der Waals surface area contributed by atoms with Crippen molar-refractivity contribution in [2.45, 2.75) is 20.4 Å². The summed E-state index contributed by atoms with van der Waals surface area (Å²) in [5, 5.41) is 0.897. The molecular weight excluding hydrogens is 246 g/mol. The number of hydrogen-bond acceptors (Lipinski definition) is 5. The lowest BCUT2D eigenvalue weighted by Gasteiger charge is -2.19. The van der Waals surface area contributed by atoms with Gasteiger partial charge in [-0.2, -0.15) is 0 Å². The van der Waals surface area contributed by atoms with E-state index in [1.165, 1.54) is 16.9 Å². The molecule has 2 heterocycles. The molecule has 0 amide bonds. The SMILES string of the molecule is CCN(Cc1ccncc1)c1nc(C)c(C=O)s1. The van der Waals surface area contributed by atoms with E-state index in [0.717, 1.165) is 30.2 Å². The monoisotopic (exact) mass is 261 g/mol. The Hall–Kier alpha value is -1.75. The van der Waals surface area contributed by atoms with E-state index < -0.39 is 0 Å². The predicted molar refractivity (Wildman–Crippen MR) is 73.2 cm³/mol. The number of aldehydes is 1. The van der Waals surface area contributed by atoms with Gasteiger partial charge in [-0.25, -0.2) is 4.98 Å². The molecule has 2 rings (SSSR count). The summed E-state index contributed by atoms with van der Waals surface area (Å²) >= 11 is 1.44. The molecule has 0 aromatic carbocycles. The minimum atomic E-state index is 0.707. The Balaban J connectivity index is 2.20. The first-order chi connectivity index (χ1) is 8.74. The van der Waals surface area contributed by atoms with Crippen LogP contribution in [0.5, 0.6) is 0 Å². The molecule has 0 spiro atoms. The van der Waals surface area contributed by atoms with E-state index in [4.69, 9.17) is 0 Å². The normalized spacial score (nSPS) is 10.3. The van der Waals surface area contributed by atoms with Gasteiger partial charge >= 0.3 is 0 Å². The summed E-state index contributed by atoms with van der Waals surface area (Å²) in [5.74, 6) is 0. The third-order valence-corrected chi connectivity index (χ3v) is 3.85. The Kier molecular flexibility index (Phi) is 4.04. The summed E-state index contributed by atoms with van der Waals surface area (Å²) in [4.78, 5) is 22.2. The minimum Gasteiger partial charge on any atom is -0.344 e. The molecule has 0 bridgehead atoms. The first-order valence-electron chi connectivity index (χ1n) is 5.81. The fourth-order valence-corrected chi connectivity index (χ4v) is 2.60. The quantitative estimate of drug-likeness (QED) is 0.776. The topological polar surface area (TPSA) is 46.1 Å². The van der Waals surface area contributed by atoms with E-state index in [9.17, 15) is 4.79 Å². The molecule has 0 saturated heterocycles. The molecule has 0 aliphatic rings. The van der Waals surface area contributed by atoms with Crippen molar-refractivity contribution < 1.29 is 4.79 Å². The lowest BCUT2D eigenvalue weighted by molar-refractivity contribution is 0.112. The van der Waals surface area contributed by atoms with Gasteiger partial charge in [0.25, 0.3) is 0 Å². The van der Waals surface area contributed by atoms with Crippen molar-refractivity contribution >= 4 is 22.8 Å². The molecule has 5 heteroatoms. The number of rotatable bonds is 5. The van der Waals surface area contributed by atoms with Crippen LogP contribution in [0.2, 0.25) is 0 Å². The van der Waals surface area contributed by atoms with Crippen LogP contribution in [-0.2, 0) is 6.54 Å². The summed E-state index contributed by atoms with van der Waals surface area (Å²) in [7, 11) is 0. The summed E-state index contributed by atoms with van der Waals surface area (Å²) in [5.41, 5.74) is 1.99. The molecule has 0 fully saturated rings. The van der Waals surface area contributed by atoms with E-state index in [1.807, 2.05) is 19.1 Å². The second-order valence-electron chi connectivity index (χ2n) is 3.93. The fourth-order valence-electron chi connectivity index (χ4n) is 1.66. The number of carbonyl (C=O) groups excluding carboxylic acids is 1. The first-order valence-corrected chi connectivity index (χ1v) is 6.62. The molecule has 2 aromatic rings. The maximum absolute atomic E-state index is 10.9. The Morgan fingerprint density at radius 3 is 2.67 bits per heavy atom. The van der Waals surface area contributed by atoms with E-state index in [1.54, 1.807) is 12.4 Å². The molecule has 0 N–H and O–H groups in total. The molecule has 0 unspecified atom stereocenters. The molecule has 0 aliphatic heterocycles. The second kappa shape index (κ2) is 5.73. The van der Waals surface area contributed by atoms with E-state index >= 15 is 0 Å². The Morgan fingerprint density at radius 1 is 1.39 bits per heavy atom. The highest BCUT2D eigenvalue weighted by atomic mass is 32.1. The van der Waals surface area contributed by atoms with Crippen LogP contribution in [0.1, 0.15) is 27.9 Å². The summed E-state index contributed by atoms with van der Waals surface area (Å²) < 4.78 is 0. The average Bonchev–Trinajstić information content (AvgIpc) is 2.78. The number of hydrogen-bond donors (Lipinski definition) is 0. The zero-order valence-corrected chi connectivity index (χ0v) is 11.3. The second-order valence-corrected chi connectivity index (χ2v) is 4.94. The maximum Gasteiger partial charge on any atom is 0.186 e. The molecule has 2 aromatic heterocycles. The van der Waals surface area contributed by atoms with Crippen molar-refractivity contribution in [3.63, 3.8) is 0 Å². The summed E-state index contributed by atoms with van der Waals surface area (Å²) in [6, 6.07) is 3.98. The van der Waals surface area contributed by atoms with Crippen molar-refractivity contribution in [3.05, 3.63) is 40.7 Å². The zero-order chi connectivity index (χ0) is 13.0. The molecule has 94 valence electrons. The lowest BCUT2D eigenvalue weighted by atomic mass is 10.2. The van der Waals surface area contributed by atoms with Gasteiger partial charge < -0.3 is 4.90 Å². The van der Waals surface area contributed by atoms with Crippen LogP contribution in [0.4, 0.5) is 5.13 Å². The van der Waals surface area contributed by atoms with Crippen molar-refractivity contribution in [2.75, 3.05) is 11.4 Å². The maximum atomic E-state index is 10.9. The molecule has 0 aliphatic carbocycles. The number of aryl methyl sites for hydroxylation is 1. The van der Waals surface area contributed by atoms with Crippen molar-refractivity contribution in [1.82, 2.24) is 9.97 Å². The number of thiazole rings is 1. The number of pyridine rings is 1. The van der Waals surface area contributed by atoms with Gasteiger partial charge in [-0.15, -0.1) is 0 Å². The number of aromatic nitrogens is 2. The highest BCUT2D eigenvalue weighted by Gasteiger charge is 2.12. The molecule has 4 nitrogen and oxygen atoms in total. The lowest BCUT2D eigenvalue weighted by Crippen LogP contribution is -2.21. The van der Waals surface area contributed by atoms with Crippen LogP contribution in [0.25, 0.3) is 0 Å². The van der Waals surface area contributed by atoms with Gasteiger partial charge in [0.1, 0.15) is 0 Å². The highest BCUT2D eigenvalue weighted by molar-refractivity contribution is 7.17. The third-order valence-electron chi connectivity index (χ3n) is 2.70. The number of anilines is 1. The summed E-state index contributed by atoms with van der Waals surface area (Å²) in [6.07, 6.45) is 4.44. The van der Waals surface area contributed by atoms with Crippen LogP contribution >= 0.6 is 11.3 Å². The van der Waals surface area contributed by atoms with Crippen molar-refractivity contribution in [2.24, 2.45) is 0 Å². The fraction of sp³-hybridized carbons (Fsp3) is 0.308. The first kappa shape index (κ1) is 12.7. The van der Waals surface area contributed by atoms with Gasteiger partial charge in [-0.1, -0.05) is 11.3 Å². The standard InChI is InChI=1S/C13H15N3OS/c1-3-16(8-11-4-6-14-7-5-11)13-15-10(2)12(9-17)18-13/h4-7,9H,3,8H2,1-2H3. The smallest absolute Gasteiger partial charge is 0.186 e. The third kappa shape index (κ3) is 2.73. The van der Waals surface area contributed by atoms with Crippen LogP contribution in [-0.4, -0.2) is 22.8 Å². The van der Waals surface area contributed by atoms with Crippen molar-refractivity contribution in [1.29, 1.82) is 0 Å². The van der Waals surface area contributed by atoms with Gasteiger partial charge in [0.05, 0.1) is 10.6 Å². The van der Waals surface area contributed by atoms with Crippen LogP contribution in [0, 0.1) is 6.92 Å². The number of carbonyl (C=O) groups is 1. The van der Waals surface area contributed by atoms with Gasteiger partial charge in [0, 0.05) is 25.5 Å².